The highest BCUT2D eigenvalue weighted by atomic mass is 35.5. The number of carbonyl (C=O) groups is 1. The largest absolute Gasteiger partial charge is 0.432 e. The molecule has 6 heteroatoms. The van der Waals surface area contributed by atoms with Gasteiger partial charge in [0.2, 0.25) is 0 Å². The lowest BCUT2D eigenvalue weighted by Crippen LogP contribution is -2.44. The molecule has 1 unspecified atom stereocenters. The van der Waals surface area contributed by atoms with Crippen molar-refractivity contribution in [3.8, 4) is 0 Å². The summed E-state index contributed by atoms with van der Waals surface area (Å²) >= 11 is 12.1. The number of hydrogen-bond donors (Lipinski definition) is 1. The summed E-state index contributed by atoms with van der Waals surface area (Å²) in [5, 5.41) is 0.866. The molecule has 0 aliphatic heterocycles. The van der Waals surface area contributed by atoms with Crippen LogP contribution in [0.2, 0.25) is 28.3 Å². The molecule has 1 aliphatic rings. The van der Waals surface area contributed by atoms with E-state index in [9.17, 15) is 9.59 Å². The quantitative estimate of drug-likeness (QED) is 0.448. The van der Waals surface area contributed by atoms with Gasteiger partial charge in [0.1, 0.15) is 5.15 Å². The number of Topliss-reactive ketones (excluding diaryl/α,β-unsaturated/α-hetero) is 1. The molecule has 150 valence electrons. The third kappa shape index (κ3) is 3.93. The topological polar surface area (TPSA) is 50.2 Å². The summed E-state index contributed by atoms with van der Waals surface area (Å²) in [5.74, 6) is 0.0912. The summed E-state index contributed by atoms with van der Waals surface area (Å²) in [6.07, 6.45) is 2.83. The number of aromatic nitrogens is 1. The maximum atomic E-state index is 13.7. The van der Waals surface area contributed by atoms with E-state index in [-0.39, 0.29) is 10.8 Å². The fourth-order valence-electron chi connectivity index (χ4n) is 3.83. The Balaban J connectivity index is 2.05. The van der Waals surface area contributed by atoms with Crippen LogP contribution in [0.5, 0.6) is 0 Å². The van der Waals surface area contributed by atoms with Crippen molar-refractivity contribution in [2.24, 2.45) is 0 Å². The first-order chi connectivity index (χ1) is 13.0. The Kier molecular flexibility index (Phi) is 5.81. The van der Waals surface area contributed by atoms with Crippen molar-refractivity contribution in [1.82, 2.24) is 4.98 Å². The zero-order valence-electron chi connectivity index (χ0n) is 16.9. The number of carbonyl (C=O) groups excluding carboxylic acids is 1. The monoisotopic (exact) mass is 435 g/mol. The Bertz CT molecular complexity index is 890. The van der Waals surface area contributed by atoms with Crippen molar-refractivity contribution in [1.29, 1.82) is 0 Å². The second kappa shape index (κ2) is 7.56. The number of nitrogens with zero attached hydrogens (tertiary/aromatic N) is 1. The molecule has 0 bridgehead atoms. The van der Waals surface area contributed by atoms with Gasteiger partial charge >= 0.3 is 0 Å². The molecule has 1 heterocycles. The first kappa shape index (κ1) is 21.5. The number of benzene rings is 1. The Labute approximate surface area is 178 Å². The number of aryl methyl sites for hydroxylation is 1. The molecule has 0 spiro atoms. The van der Waals surface area contributed by atoms with Crippen LogP contribution in [0, 0.1) is 0 Å². The van der Waals surface area contributed by atoms with Crippen molar-refractivity contribution >= 4 is 37.3 Å². The van der Waals surface area contributed by atoms with Gasteiger partial charge in [-0.15, -0.1) is 0 Å². The smallest absolute Gasteiger partial charge is 0.188 e. The minimum Gasteiger partial charge on any atom is -0.432 e. The zero-order valence-corrected chi connectivity index (χ0v) is 19.4. The van der Waals surface area contributed by atoms with Crippen molar-refractivity contribution in [2.75, 3.05) is 0 Å². The van der Waals surface area contributed by atoms with Crippen LogP contribution in [0.4, 0.5) is 0 Å². The third-order valence-electron chi connectivity index (χ3n) is 6.64. The minimum atomic E-state index is -2.38. The van der Waals surface area contributed by atoms with E-state index in [1.807, 2.05) is 37.4 Å². The lowest BCUT2D eigenvalue weighted by molar-refractivity contribution is 0.0841. The highest BCUT2D eigenvalue weighted by molar-refractivity contribution is 6.72. The van der Waals surface area contributed by atoms with Gasteiger partial charge in [0.05, 0.1) is 11.1 Å². The SMILES string of the molecule is CC(C)(CCC1(c2ccc(Cl)cc2)CCc2nc(Cl)ccc2C1=O)[Si](C)(C)O. The Morgan fingerprint density at radius 3 is 2.39 bits per heavy atom. The molecule has 0 saturated heterocycles. The van der Waals surface area contributed by atoms with Crippen LogP contribution in [-0.2, 0) is 11.8 Å². The second-order valence-electron chi connectivity index (χ2n) is 8.99. The maximum Gasteiger partial charge on any atom is 0.188 e. The molecular formula is C22H27Cl2NO2Si. The van der Waals surface area contributed by atoms with E-state index in [0.29, 0.717) is 35.0 Å². The van der Waals surface area contributed by atoms with E-state index in [1.54, 1.807) is 12.1 Å². The number of pyridine rings is 1. The first-order valence-corrected chi connectivity index (χ1v) is 13.4. The maximum absolute atomic E-state index is 13.7. The molecular weight excluding hydrogens is 409 g/mol. The summed E-state index contributed by atoms with van der Waals surface area (Å²) < 4.78 is 0. The van der Waals surface area contributed by atoms with Crippen molar-refractivity contribution in [3.05, 3.63) is 63.4 Å². The van der Waals surface area contributed by atoms with Gasteiger partial charge in [-0.05, 0) is 73.6 Å². The molecule has 1 aromatic heterocycles. The second-order valence-corrected chi connectivity index (χ2v) is 14.3. The Morgan fingerprint density at radius 1 is 1.14 bits per heavy atom. The van der Waals surface area contributed by atoms with Gasteiger partial charge in [-0.2, -0.15) is 0 Å². The number of halogens is 2. The molecule has 0 radical (unpaired) electrons. The van der Waals surface area contributed by atoms with Crippen LogP contribution < -0.4 is 0 Å². The van der Waals surface area contributed by atoms with Crippen LogP contribution in [-0.4, -0.2) is 23.9 Å². The molecule has 28 heavy (non-hydrogen) atoms. The van der Waals surface area contributed by atoms with Crippen LogP contribution in [0.3, 0.4) is 0 Å². The summed E-state index contributed by atoms with van der Waals surface area (Å²) in [6, 6.07) is 11.1. The minimum absolute atomic E-state index is 0.0912. The normalized spacial score (nSPS) is 20.2. The number of hydrogen-bond acceptors (Lipinski definition) is 3. The number of ketones is 1. The number of fused-ring (bicyclic) bond motifs is 1. The van der Waals surface area contributed by atoms with Gasteiger partial charge < -0.3 is 4.80 Å². The van der Waals surface area contributed by atoms with E-state index in [4.69, 9.17) is 23.2 Å². The molecule has 2 aromatic rings. The summed E-state index contributed by atoms with van der Waals surface area (Å²) in [5.41, 5.74) is 1.78. The predicted octanol–water partition coefficient (Wildman–Crippen LogP) is 6.21. The fraction of sp³-hybridized carbons (Fsp3) is 0.455. The van der Waals surface area contributed by atoms with E-state index >= 15 is 0 Å². The van der Waals surface area contributed by atoms with Crippen molar-refractivity contribution in [2.45, 2.75) is 63.1 Å². The molecule has 0 fully saturated rings. The van der Waals surface area contributed by atoms with E-state index < -0.39 is 13.7 Å². The highest BCUT2D eigenvalue weighted by Crippen LogP contribution is 2.48. The van der Waals surface area contributed by atoms with Gasteiger partial charge in [0.25, 0.3) is 0 Å². The summed E-state index contributed by atoms with van der Waals surface area (Å²) in [7, 11) is -2.38. The lowest BCUT2D eigenvalue weighted by Gasteiger charge is -2.41. The number of rotatable bonds is 5. The standard InChI is InChI=1S/C22H27Cl2NO2Si/c1-21(2,28(3,4)27)13-14-22(15-5-7-16(23)8-6-15)12-11-18-17(20(22)26)9-10-19(24)25-18/h5-10,27H,11-14H2,1-4H3. The van der Waals surface area contributed by atoms with Crippen LogP contribution in [0.25, 0.3) is 0 Å². The van der Waals surface area contributed by atoms with E-state index in [1.165, 1.54) is 0 Å². The molecule has 1 aliphatic carbocycles. The first-order valence-electron chi connectivity index (χ1n) is 9.65. The van der Waals surface area contributed by atoms with Crippen LogP contribution >= 0.6 is 23.2 Å². The molecule has 1 aromatic carbocycles. The summed E-state index contributed by atoms with van der Waals surface area (Å²) in [4.78, 5) is 28.8. The molecule has 0 saturated carbocycles. The summed E-state index contributed by atoms with van der Waals surface area (Å²) in [6.45, 7) is 8.15. The zero-order chi connectivity index (χ0) is 20.7. The van der Waals surface area contributed by atoms with Gasteiger partial charge in [0.15, 0.2) is 14.1 Å². The average molecular weight is 436 g/mol. The lowest BCUT2D eigenvalue weighted by atomic mass is 9.64. The molecule has 0 amide bonds. The highest BCUT2D eigenvalue weighted by Gasteiger charge is 2.47. The van der Waals surface area contributed by atoms with Crippen LogP contribution in [0.1, 0.15) is 54.7 Å². The van der Waals surface area contributed by atoms with E-state index in [2.05, 4.69) is 18.8 Å². The predicted molar refractivity (Wildman–Crippen MR) is 118 cm³/mol. The molecule has 1 N–H and O–H groups in total. The molecule has 3 nitrogen and oxygen atoms in total. The Morgan fingerprint density at radius 2 is 1.79 bits per heavy atom. The average Bonchev–Trinajstić information content (AvgIpc) is 2.61. The van der Waals surface area contributed by atoms with Gasteiger partial charge in [0, 0.05) is 10.6 Å². The fourth-order valence-corrected chi connectivity index (χ4v) is 4.86. The van der Waals surface area contributed by atoms with Crippen LogP contribution in [0.15, 0.2) is 36.4 Å². The Hall–Kier alpha value is -1.20. The van der Waals surface area contributed by atoms with Crippen molar-refractivity contribution < 1.29 is 9.59 Å². The molecule has 3 rings (SSSR count). The van der Waals surface area contributed by atoms with Crippen molar-refractivity contribution in [3.63, 3.8) is 0 Å². The molecule has 1 atom stereocenters. The third-order valence-corrected chi connectivity index (χ3v) is 10.7. The van der Waals surface area contributed by atoms with Gasteiger partial charge in [-0.1, -0.05) is 49.2 Å². The van der Waals surface area contributed by atoms with Gasteiger partial charge in [-0.25, -0.2) is 4.98 Å². The van der Waals surface area contributed by atoms with E-state index in [0.717, 1.165) is 17.7 Å². The van der Waals surface area contributed by atoms with Gasteiger partial charge in [-0.3, -0.25) is 4.79 Å².